The predicted octanol–water partition coefficient (Wildman–Crippen LogP) is 5.60. The molecule has 0 fully saturated rings. The Balaban J connectivity index is 1.59. The fraction of sp³-hybridized carbons (Fsp3) is 0.258. The molecule has 4 aromatic rings. The Morgan fingerprint density at radius 1 is 0.974 bits per heavy atom. The van der Waals surface area contributed by atoms with E-state index >= 15 is 0 Å². The van der Waals surface area contributed by atoms with E-state index in [4.69, 9.17) is 9.72 Å². The third kappa shape index (κ3) is 7.09. The number of carbonyl (C=O) groups excluding carboxylic acids is 2. The first-order valence-corrected chi connectivity index (χ1v) is 12.9. The van der Waals surface area contributed by atoms with E-state index < -0.39 is 0 Å². The highest BCUT2D eigenvalue weighted by molar-refractivity contribution is 5.94. The topological polar surface area (TPSA) is 76.5 Å². The van der Waals surface area contributed by atoms with Gasteiger partial charge in [0.1, 0.15) is 5.75 Å². The van der Waals surface area contributed by atoms with Gasteiger partial charge in [-0.1, -0.05) is 80.6 Å². The highest BCUT2D eigenvalue weighted by Gasteiger charge is 2.21. The number of hydrogen-bond acceptors (Lipinski definition) is 4. The van der Waals surface area contributed by atoms with Crippen molar-refractivity contribution in [2.75, 3.05) is 25.0 Å². The molecule has 0 aliphatic rings. The standard InChI is InChI=1S/C31H34N4O3/c1-4-38-27-17-11-16-26(19-27)35-21-28(25-14-9-6-10-15-25)32-31(35)33-29(36)22-34(20-23(2)3)30(37)18-24-12-7-5-8-13-24/h5-17,19,21,23H,4,18,20,22H2,1-3H3,(H,32,33,36). The Morgan fingerprint density at radius 2 is 1.68 bits per heavy atom. The van der Waals surface area contributed by atoms with E-state index in [1.807, 2.05) is 116 Å². The lowest BCUT2D eigenvalue weighted by molar-refractivity contribution is -0.134. The SMILES string of the molecule is CCOc1cccc(-n2cc(-c3ccccc3)nc2NC(=O)CN(CC(C)C)C(=O)Cc2ccccc2)c1. The lowest BCUT2D eigenvalue weighted by Crippen LogP contribution is -2.41. The zero-order valence-corrected chi connectivity index (χ0v) is 22.1. The summed E-state index contributed by atoms with van der Waals surface area (Å²) >= 11 is 0. The van der Waals surface area contributed by atoms with Crippen molar-refractivity contribution in [3.05, 3.63) is 96.7 Å². The molecule has 3 aromatic carbocycles. The quantitative estimate of drug-likeness (QED) is 0.285. The second-order valence-electron chi connectivity index (χ2n) is 9.49. The molecule has 38 heavy (non-hydrogen) atoms. The summed E-state index contributed by atoms with van der Waals surface area (Å²) in [5.41, 5.74) is 3.38. The number of imidazole rings is 1. The number of aromatic nitrogens is 2. The van der Waals surface area contributed by atoms with Crippen molar-refractivity contribution in [2.45, 2.75) is 27.2 Å². The molecule has 0 aliphatic carbocycles. The minimum absolute atomic E-state index is 0.0592. The second kappa shape index (κ2) is 12.7. The van der Waals surface area contributed by atoms with Crippen LogP contribution in [0, 0.1) is 5.92 Å². The van der Waals surface area contributed by atoms with Crippen molar-refractivity contribution in [3.8, 4) is 22.7 Å². The van der Waals surface area contributed by atoms with Crippen LogP contribution in [0.25, 0.3) is 16.9 Å². The lowest BCUT2D eigenvalue weighted by atomic mass is 10.1. The summed E-state index contributed by atoms with van der Waals surface area (Å²) < 4.78 is 7.51. The van der Waals surface area contributed by atoms with Gasteiger partial charge in [0.2, 0.25) is 17.8 Å². The number of amides is 2. The molecular formula is C31H34N4O3. The van der Waals surface area contributed by atoms with Gasteiger partial charge in [0.15, 0.2) is 0 Å². The first kappa shape index (κ1) is 26.7. The van der Waals surface area contributed by atoms with Crippen LogP contribution < -0.4 is 10.1 Å². The normalized spacial score (nSPS) is 10.8. The maximum absolute atomic E-state index is 13.3. The minimum atomic E-state index is -0.306. The van der Waals surface area contributed by atoms with Gasteiger partial charge >= 0.3 is 0 Å². The molecule has 1 aromatic heterocycles. The average Bonchev–Trinajstić information content (AvgIpc) is 3.33. The van der Waals surface area contributed by atoms with Crippen LogP contribution >= 0.6 is 0 Å². The van der Waals surface area contributed by atoms with Crippen LogP contribution in [0.15, 0.2) is 91.1 Å². The number of rotatable bonds is 11. The third-order valence-corrected chi connectivity index (χ3v) is 5.90. The van der Waals surface area contributed by atoms with Crippen LogP contribution in [0.5, 0.6) is 5.75 Å². The van der Waals surface area contributed by atoms with Crippen molar-refractivity contribution in [1.82, 2.24) is 14.5 Å². The molecule has 7 heteroatoms. The summed E-state index contributed by atoms with van der Waals surface area (Å²) in [6, 6.07) is 27.0. The molecule has 0 unspecified atom stereocenters. The number of hydrogen-bond donors (Lipinski definition) is 1. The summed E-state index contributed by atoms with van der Waals surface area (Å²) in [7, 11) is 0. The Bertz CT molecular complexity index is 1350. The average molecular weight is 511 g/mol. The fourth-order valence-electron chi connectivity index (χ4n) is 4.22. The number of ether oxygens (including phenoxy) is 1. The summed E-state index contributed by atoms with van der Waals surface area (Å²) in [4.78, 5) is 32.8. The molecule has 0 radical (unpaired) electrons. The van der Waals surface area contributed by atoms with Gasteiger partial charge < -0.3 is 9.64 Å². The number of nitrogens with one attached hydrogen (secondary N) is 1. The molecule has 0 saturated heterocycles. The Labute approximate surface area is 224 Å². The molecule has 0 spiro atoms. The van der Waals surface area contributed by atoms with Crippen LogP contribution in [0.4, 0.5) is 5.95 Å². The molecular weight excluding hydrogens is 476 g/mol. The summed E-state index contributed by atoms with van der Waals surface area (Å²) in [6.45, 7) is 6.98. The molecule has 0 bridgehead atoms. The second-order valence-corrected chi connectivity index (χ2v) is 9.49. The monoisotopic (exact) mass is 510 g/mol. The first-order chi connectivity index (χ1) is 18.4. The van der Waals surface area contributed by atoms with Crippen molar-refractivity contribution in [2.24, 2.45) is 5.92 Å². The van der Waals surface area contributed by atoms with Gasteiger partial charge in [-0.2, -0.15) is 0 Å². The van der Waals surface area contributed by atoms with Crippen molar-refractivity contribution in [1.29, 1.82) is 0 Å². The molecule has 4 rings (SSSR count). The third-order valence-electron chi connectivity index (χ3n) is 5.90. The van der Waals surface area contributed by atoms with Gasteiger partial charge in [-0.3, -0.25) is 19.5 Å². The fourth-order valence-corrected chi connectivity index (χ4v) is 4.22. The zero-order valence-electron chi connectivity index (χ0n) is 22.1. The van der Waals surface area contributed by atoms with Gasteiger partial charge in [-0.15, -0.1) is 0 Å². The smallest absolute Gasteiger partial charge is 0.246 e. The van der Waals surface area contributed by atoms with Gasteiger partial charge in [0.05, 0.1) is 31.0 Å². The van der Waals surface area contributed by atoms with E-state index in [9.17, 15) is 9.59 Å². The number of nitrogens with zero attached hydrogens (tertiary/aromatic N) is 3. The number of carbonyl (C=O) groups is 2. The largest absolute Gasteiger partial charge is 0.494 e. The maximum atomic E-state index is 13.3. The molecule has 196 valence electrons. The maximum Gasteiger partial charge on any atom is 0.246 e. The molecule has 7 nitrogen and oxygen atoms in total. The minimum Gasteiger partial charge on any atom is -0.494 e. The molecule has 0 aliphatic heterocycles. The van der Waals surface area contributed by atoms with Gasteiger partial charge in [0, 0.05) is 24.4 Å². The van der Waals surface area contributed by atoms with E-state index in [-0.39, 0.29) is 30.7 Å². The van der Waals surface area contributed by atoms with Crippen molar-refractivity contribution >= 4 is 17.8 Å². The van der Waals surface area contributed by atoms with E-state index in [0.717, 1.165) is 28.3 Å². The molecule has 1 heterocycles. The lowest BCUT2D eigenvalue weighted by Gasteiger charge is -2.24. The molecule has 0 atom stereocenters. The first-order valence-electron chi connectivity index (χ1n) is 12.9. The number of benzene rings is 3. The van der Waals surface area contributed by atoms with Gasteiger partial charge in [-0.25, -0.2) is 4.98 Å². The molecule has 0 saturated carbocycles. The highest BCUT2D eigenvalue weighted by Crippen LogP contribution is 2.26. The summed E-state index contributed by atoms with van der Waals surface area (Å²) in [5, 5.41) is 2.95. The highest BCUT2D eigenvalue weighted by atomic mass is 16.5. The Hall–Kier alpha value is -4.39. The van der Waals surface area contributed by atoms with Crippen LogP contribution in [0.1, 0.15) is 26.3 Å². The van der Waals surface area contributed by atoms with E-state index in [1.54, 1.807) is 4.90 Å². The van der Waals surface area contributed by atoms with Crippen molar-refractivity contribution < 1.29 is 14.3 Å². The summed E-state index contributed by atoms with van der Waals surface area (Å²) in [5.74, 6) is 0.933. The Kier molecular flexibility index (Phi) is 8.93. The van der Waals surface area contributed by atoms with Gasteiger partial charge in [0.25, 0.3) is 0 Å². The summed E-state index contributed by atoms with van der Waals surface area (Å²) in [6.07, 6.45) is 2.14. The number of anilines is 1. The van der Waals surface area contributed by atoms with Crippen LogP contribution in [0.3, 0.4) is 0 Å². The van der Waals surface area contributed by atoms with E-state index in [2.05, 4.69) is 5.32 Å². The van der Waals surface area contributed by atoms with Gasteiger partial charge in [-0.05, 0) is 30.5 Å². The van der Waals surface area contributed by atoms with Crippen LogP contribution in [-0.4, -0.2) is 46.0 Å². The van der Waals surface area contributed by atoms with E-state index in [1.165, 1.54) is 0 Å². The molecule has 1 N–H and O–H groups in total. The Morgan fingerprint density at radius 3 is 2.37 bits per heavy atom. The van der Waals surface area contributed by atoms with Crippen LogP contribution in [-0.2, 0) is 16.0 Å². The van der Waals surface area contributed by atoms with Crippen LogP contribution in [0.2, 0.25) is 0 Å². The van der Waals surface area contributed by atoms with Crippen molar-refractivity contribution in [3.63, 3.8) is 0 Å². The predicted molar refractivity (Wildman–Crippen MR) is 150 cm³/mol. The van der Waals surface area contributed by atoms with E-state index in [0.29, 0.717) is 19.1 Å². The zero-order chi connectivity index (χ0) is 26.9. The molecule has 2 amide bonds.